The molecule has 0 aromatic heterocycles. The second-order valence-corrected chi connectivity index (χ2v) is 15.3. The summed E-state index contributed by atoms with van der Waals surface area (Å²) < 4.78 is 39.3. The highest BCUT2D eigenvalue weighted by molar-refractivity contribution is 5.25. The monoisotopic (exact) mass is 546 g/mol. The fraction of sp³-hybridized carbons (Fsp3) is 0.829. The van der Waals surface area contributed by atoms with Gasteiger partial charge in [-0.3, -0.25) is 0 Å². The van der Waals surface area contributed by atoms with Gasteiger partial charge in [-0.1, -0.05) is 66.0 Å². The molecular weight excluding hydrogens is 493 g/mol. The summed E-state index contributed by atoms with van der Waals surface area (Å²) in [5.41, 5.74) is 1.06. The van der Waals surface area contributed by atoms with Gasteiger partial charge in [0.2, 0.25) is 0 Å². The van der Waals surface area contributed by atoms with Gasteiger partial charge in [0.25, 0.3) is 0 Å². The lowest BCUT2D eigenvalue weighted by molar-refractivity contribution is -0.152. The quantitative estimate of drug-likeness (QED) is 0.361. The Balaban J connectivity index is 1.30. The first-order valence-corrected chi connectivity index (χ1v) is 16.2. The Hall–Kier alpha value is -1.03. The first-order chi connectivity index (χ1) is 18.3. The second kappa shape index (κ2) is 11.0. The van der Waals surface area contributed by atoms with Crippen LogP contribution in [0.25, 0.3) is 0 Å². The van der Waals surface area contributed by atoms with Crippen molar-refractivity contribution in [2.24, 2.45) is 58.2 Å². The number of rotatable bonds is 7. The summed E-state index contributed by atoms with van der Waals surface area (Å²) in [7, 11) is 0. The number of alkyl halides is 3. The van der Waals surface area contributed by atoms with Gasteiger partial charge in [-0.15, -0.1) is 0 Å². The van der Waals surface area contributed by atoms with Crippen LogP contribution >= 0.6 is 0 Å². The highest BCUT2D eigenvalue weighted by atomic mass is 19.4. The Kier molecular flexibility index (Phi) is 8.30. The largest absolute Gasteiger partial charge is 0.416 e. The minimum Gasteiger partial charge on any atom is -0.393 e. The van der Waals surface area contributed by atoms with Gasteiger partial charge in [0.1, 0.15) is 0 Å². The third-order valence-electron chi connectivity index (χ3n) is 12.9. The number of aliphatic hydroxyl groups excluding tert-OH is 1. The van der Waals surface area contributed by atoms with Gasteiger partial charge >= 0.3 is 6.18 Å². The SMILES string of the molecule is CC(C)CCC[C@@H](C)[C@H]1CC[C@H]2[C@@H]3CC[C@H]4[C@H](Cc5ccc(C(F)(F)F)cc5)[C@H](O)CC[C@]4(C)[C@H]3CC[C@]12C. The smallest absolute Gasteiger partial charge is 0.393 e. The van der Waals surface area contributed by atoms with Gasteiger partial charge in [0.05, 0.1) is 11.7 Å². The number of halogens is 3. The standard InChI is InChI=1S/C35H53F3O/c1-22(2)7-6-8-23(3)28-15-16-29-26-13-14-30-27(21-24-9-11-25(12-10-24)35(36,37)38)32(39)18-20-34(30,5)31(26)17-19-33(28,29)4/h9-12,22-23,26-32,39H,6-8,13-21H2,1-5H3/t23-,26+,27+,28-,29+,30+,31+,32-,33-,34+/m1/s1. The van der Waals surface area contributed by atoms with Gasteiger partial charge in [-0.2, -0.15) is 13.2 Å². The summed E-state index contributed by atoms with van der Waals surface area (Å²) in [5, 5.41) is 11.2. The van der Waals surface area contributed by atoms with Crippen LogP contribution in [0.4, 0.5) is 13.2 Å². The molecule has 4 fully saturated rings. The number of aliphatic hydroxyl groups is 1. The first kappa shape index (κ1) is 29.5. The Labute approximate surface area is 235 Å². The Morgan fingerprint density at radius 3 is 2.13 bits per heavy atom. The van der Waals surface area contributed by atoms with Crippen molar-refractivity contribution in [3.8, 4) is 0 Å². The van der Waals surface area contributed by atoms with Crippen LogP contribution in [0, 0.1) is 58.2 Å². The molecule has 0 saturated heterocycles. The molecule has 10 atom stereocenters. The van der Waals surface area contributed by atoms with Crippen molar-refractivity contribution in [3.05, 3.63) is 35.4 Å². The summed E-state index contributed by atoms with van der Waals surface area (Å²) in [6.07, 6.45) is 9.98. The summed E-state index contributed by atoms with van der Waals surface area (Å²) in [4.78, 5) is 0. The van der Waals surface area contributed by atoms with E-state index < -0.39 is 11.7 Å². The zero-order chi connectivity index (χ0) is 28.2. The van der Waals surface area contributed by atoms with Crippen molar-refractivity contribution >= 4 is 0 Å². The van der Waals surface area contributed by atoms with Gasteiger partial charge in [-0.05, 0) is 134 Å². The average molecular weight is 547 g/mol. The maximum Gasteiger partial charge on any atom is 0.416 e. The fourth-order valence-corrected chi connectivity index (χ4v) is 10.9. The zero-order valence-corrected chi connectivity index (χ0v) is 25.1. The Morgan fingerprint density at radius 2 is 1.46 bits per heavy atom. The van der Waals surface area contributed by atoms with E-state index in [0.29, 0.717) is 17.8 Å². The molecule has 4 aliphatic rings. The van der Waals surface area contributed by atoms with Crippen molar-refractivity contribution < 1.29 is 18.3 Å². The topological polar surface area (TPSA) is 20.2 Å². The molecule has 39 heavy (non-hydrogen) atoms. The minimum atomic E-state index is -4.31. The lowest BCUT2D eigenvalue weighted by atomic mass is 9.42. The van der Waals surface area contributed by atoms with E-state index in [1.807, 2.05) is 0 Å². The molecule has 1 nitrogen and oxygen atoms in total. The summed E-state index contributed by atoms with van der Waals surface area (Å²) in [5.74, 6) is 5.46. The molecule has 0 aliphatic heterocycles. The second-order valence-electron chi connectivity index (χ2n) is 15.3. The minimum absolute atomic E-state index is 0.145. The summed E-state index contributed by atoms with van der Waals surface area (Å²) >= 11 is 0. The van der Waals surface area contributed by atoms with Crippen LogP contribution < -0.4 is 0 Å². The summed E-state index contributed by atoms with van der Waals surface area (Å²) in [6, 6.07) is 5.70. The van der Waals surface area contributed by atoms with Crippen LogP contribution in [0.2, 0.25) is 0 Å². The van der Waals surface area contributed by atoms with Crippen LogP contribution in [-0.2, 0) is 12.6 Å². The maximum absolute atomic E-state index is 13.1. The maximum atomic E-state index is 13.1. The number of fused-ring (bicyclic) bond motifs is 5. The molecule has 0 radical (unpaired) electrons. The van der Waals surface area contributed by atoms with Gasteiger partial charge in [0.15, 0.2) is 0 Å². The third-order valence-corrected chi connectivity index (χ3v) is 12.9. The van der Waals surface area contributed by atoms with Crippen molar-refractivity contribution in [2.45, 2.75) is 124 Å². The predicted octanol–water partition coefficient (Wildman–Crippen LogP) is 9.96. The normalized spacial score (nSPS) is 41.1. The highest BCUT2D eigenvalue weighted by Crippen LogP contribution is 2.69. The van der Waals surface area contributed by atoms with Crippen LogP contribution in [0.1, 0.15) is 116 Å². The molecule has 1 N–H and O–H groups in total. The van der Waals surface area contributed by atoms with E-state index >= 15 is 0 Å². The van der Waals surface area contributed by atoms with E-state index in [9.17, 15) is 18.3 Å². The van der Waals surface area contributed by atoms with E-state index in [1.54, 1.807) is 12.1 Å². The third kappa shape index (κ3) is 5.46. The van der Waals surface area contributed by atoms with E-state index in [1.165, 1.54) is 69.9 Å². The van der Waals surface area contributed by atoms with E-state index in [0.717, 1.165) is 53.9 Å². The molecule has 1 aromatic carbocycles. The lowest BCUT2D eigenvalue weighted by Gasteiger charge is -2.63. The highest BCUT2D eigenvalue weighted by Gasteiger charge is 2.61. The number of hydrogen-bond acceptors (Lipinski definition) is 1. The van der Waals surface area contributed by atoms with Crippen molar-refractivity contribution in [3.63, 3.8) is 0 Å². The van der Waals surface area contributed by atoms with E-state index in [4.69, 9.17) is 0 Å². The molecule has 0 heterocycles. The van der Waals surface area contributed by atoms with Gasteiger partial charge in [-0.25, -0.2) is 0 Å². The predicted molar refractivity (Wildman–Crippen MR) is 153 cm³/mol. The zero-order valence-electron chi connectivity index (χ0n) is 25.1. The molecule has 5 rings (SSSR count). The number of benzene rings is 1. The summed E-state index contributed by atoms with van der Waals surface area (Å²) in [6.45, 7) is 12.4. The molecule has 0 bridgehead atoms. The number of hydrogen-bond donors (Lipinski definition) is 1. The molecule has 4 aliphatic carbocycles. The molecule has 0 spiro atoms. The Morgan fingerprint density at radius 1 is 0.821 bits per heavy atom. The molecule has 4 heteroatoms. The van der Waals surface area contributed by atoms with E-state index in [-0.39, 0.29) is 17.4 Å². The molecular formula is C35H53F3O. The van der Waals surface area contributed by atoms with Crippen LogP contribution in [0.15, 0.2) is 24.3 Å². The van der Waals surface area contributed by atoms with Crippen molar-refractivity contribution in [1.82, 2.24) is 0 Å². The van der Waals surface area contributed by atoms with Gasteiger partial charge < -0.3 is 5.11 Å². The average Bonchev–Trinajstić information content (AvgIpc) is 3.23. The Bertz CT molecular complexity index is 969. The van der Waals surface area contributed by atoms with E-state index in [2.05, 4.69) is 34.6 Å². The molecule has 0 amide bonds. The van der Waals surface area contributed by atoms with Crippen LogP contribution in [-0.4, -0.2) is 11.2 Å². The lowest BCUT2D eigenvalue weighted by Crippen LogP contribution is -2.57. The fourth-order valence-electron chi connectivity index (χ4n) is 10.9. The molecule has 1 aromatic rings. The van der Waals surface area contributed by atoms with Crippen LogP contribution in [0.5, 0.6) is 0 Å². The van der Waals surface area contributed by atoms with Crippen LogP contribution in [0.3, 0.4) is 0 Å². The van der Waals surface area contributed by atoms with Gasteiger partial charge in [0, 0.05) is 0 Å². The molecule has 4 saturated carbocycles. The van der Waals surface area contributed by atoms with Crippen molar-refractivity contribution in [1.29, 1.82) is 0 Å². The van der Waals surface area contributed by atoms with Crippen molar-refractivity contribution in [2.75, 3.05) is 0 Å². The molecule has 0 unspecified atom stereocenters. The first-order valence-electron chi connectivity index (χ1n) is 16.2. The molecule has 220 valence electrons.